The van der Waals surface area contributed by atoms with Crippen molar-refractivity contribution in [3.05, 3.63) is 58.7 Å². The summed E-state index contributed by atoms with van der Waals surface area (Å²) in [6, 6.07) is 5.66. The number of nitrogens with zero attached hydrogens (tertiary/aromatic N) is 1. The molecule has 22 heavy (non-hydrogen) atoms. The van der Waals surface area contributed by atoms with Crippen molar-refractivity contribution in [2.45, 2.75) is 0 Å². The molecular weight excluding hydrogens is 302 g/mol. The number of carbonyl (C=O) groups is 1. The maximum Gasteiger partial charge on any atom is 0.337 e. The van der Waals surface area contributed by atoms with Crippen LogP contribution in [0.3, 0.4) is 0 Å². The predicted molar refractivity (Wildman–Crippen MR) is 67.8 cm³/mol. The monoisotopic (exact) mass is 309 g/mol. The predicted octanol–water partition coefficient (Wildman–Crippen LogP) is 3.57. The minimum atomic E-state index is -1.77. The first-order chi connectivity index (χ1) is 10.4. The minimum Gasteiger partial charge on any atom is -0.465 e. The first kappa shape index (κ1) is 15.5. The molecule has 2 aromatic carbocycles. The van der Waals surface area contributed by atoms with Gasteiger partial charge in [-0.3, -0.25) is 0 Å². The van der Waals surface area contributed by atoms with Gasteiger partial charge in [0.15, 0.2) is 23.3 Å². The van der Waals surface area contributed by atoms with Crippen LogP contribution in [0.5, 0.6) is 0 Å². The number of rotatable bonds is 2. The number of halogens is 4. The van der Waals surface area contributed by atoms with Gasteiger partial charge in [-0.2, -0.15) is 5.26 Å². The Kier molecular flexibility index (Phi) is 4.13. The average Bonchev–Trinajstić information content (AvgIpc) is 2.54. The zero-order valence-corrected chi connectivity index (χ0v) is 11.1. The lowest BCUT2D eigenvalue weighted by Gasteiger charge is -2.09. The van der Waals surface area contributed by atoms with Gasteiger partial charge in [0.2, 0.25) is 0 Å². The number of ether oxygens (including phenoxy) is 1. The first-order valence-electron chi connectivity index (χ1n) is 5.87. The van der Waals surface area contributed by atoms with Gasteiger partial charge in [0.1, 0.15) is 11.6 Å². The van der Waals surface area contributed by atoms with Gasteiger partial charge >= 0.3 is 5.97 Å². The molecule has 0 aliphatic carbocycles. The topological polar surface area (TPSA) is 50.1 Å². The van der Waals surface area contributed by atoms with Crippen molar-refractivity contribution in [1.82, 2.24) is 0 Å². The Labute approximate surface area is 122 Å². The van der Waals surface area contributed by atoms with Gasteiger partial charge in [-0.15, -0.1) is 0 Å². The molecule has 0 saturated heterocycles. The third kappa shape index (κ3) is 2.39. The van der Waals surface area contributed by atoms with E-state index in [1.165, 1.54) is 12.1 Å². The smallest absolute Gasteiger partial charge is 0.337 e. The van der Waals surface area contributed by atoms with Crippen molar-refractivity contribution in [1.29, 1.82) is 5.26 Å². The van der Waals surface area contributed by atoms with E-state index in [0.717, 1.165) is 25.3 Å². The molecule has 3 nitrogen and oxygen atoms in total. The van der Waals surface area contributed by atoms with Gasteiger partial charge in [0.05, 0.1) is 18.2 Å². The highest BCUT2D eigenvalue weighted by atomic mass is 19.2. The molecule has 0 aliphatic heterocycles. The number of methoxy groups -OCH3 is 1. The fourth-order valence-electron chi connectivity index (χ4n) is 1.87. The standard InChI is InChI=1S/C15H7F4NO2/c1-22-15(21)8-4-2-7(3-5-8)10-13(18)11(16)9(6-20)12(17)14(10)19/h2-5H,1H3. The summed E-state index contributed by atoms with van der Waals surface area (Å²) in [6.07, 6.45) is 0. The Balaban J connectivity index is 2.64. The summed E-state index contributed by atoms with van der Waals surface area (Å²) in [7, 11) is 1.15. The van der Waals surface area contributed by atoms with E-state index < -0.39 is 40.4 Å². The fourth-order valence-corrected chi connectivity index (χ4v) is 1.87. The van der Waals surface area contributed by atoms with E-state index in [2.05, 4.69) is 4.74 Å². The SMILES string of the molecule is COC(=O)c1ccc(-c2c(F)c(F)c(C#N)c(F)c2F)cc1. The molecule has 0 amide bonds. The second-order valence-electron chi connectivity index (χ2n) is 4.19. The van der Waals surface area contributed by atoms with Crippen molar-refractivity contribution in [3.63, 3.8) is 0 Å². The molecule has 0 saturated carbocycles. The minimum absolute atomic E-state index is 0.0988. The van der Waals surface area contributed by atoms with Crippen LogP contribution < -0.4 is 0 Å². The molecule has 0 atom stereocenters. The molecule has 0 bridgehead atoms. The molecule has 2 rings (SSSR count). The average molecular weight is 309 g/mol. The van der Waals surface area contributed by atoms with Crippen LogP contribution in [0.2, 0.25) is 0 Å². The lowest BCUT2D eigenvalue weighted by molar-refractivity contribution is 0.0601. The lowest BCUT2D eigenvalue weighted by Crippen LogP contribution is -2.04. The van der Waals surface area contributed by atoms with E-state index in [1.807, 2.05) is 0 Å². The van der Waals surface area contributed by atoms with Crippen molar-refractivity contribution in [2.24, 2.45) is 0 Å². The Bertz CT molecular complexity index is 766. The number of benzene rings is 2. The second kappa shape index (κ2) is 5.85. The van der Waals surface area contributed by atoms with Crippen molar-refractivity contribution < 1.29 is 27.1 Å². The molecule has 0 spiro atoms. The van der Waals surface area contributed by atoms with Gasteiger partial charge in [0.25, 0.3) is 0 Å². The largest absolute Gasteiger partial charge is 0.465 e. The number of nitriles is 1. The van der Waals surface area contributed by atoms with E-state index >= 15 is 0 Å². The molecule has 112 valence electrons. The highest BCUT2D eigenvalue weighted by molar-refractivity contribution is 5.90. The normalized spacial score (nSPS) is 10.2. The number of hydrogen-bond donors (Lipinski definition) is 0. The highest BCUT2D eigenvalue weighted by Crippen LogP contribution is 2.32. The summed E-state index contributed by atoms with van der Waals surface area (Å²) in [5.74, 6) is -7.57. The Morgan fingerprint density at radius 3 is 1.91 bits per heavy atom. The molecular formula is C15H7F4NO2. The van der Waals surface area contributed by atoms with Crippen molar-refractivity contribution in [2.75, 3.05) is 7.11 Å². The van der Waals surface area contributed by atoms with Crippen LogP contribution in [0.1, 0.15) is 15.9 Å². The Morgan fingerprint density at radius 2 is 1.50 bits per heavy atom. The molecule has 0 aliphatic rings. The zero-order chi connectivity index (χ0) is 16.4. The molecule has 0 fully saturated rings. The van der Waals surface area contributed by atoms with E-state index in [-0.39, 0.29) is 11.1 Å². The molecule has 0 radical (unpaired) electrons. The summed E-state index contributed by atoms with van der Waals surface area (Å²) in [5.41, 5.74) is -2.37. The summed E-state index contributed by atoms with van der Waals surface area (Å²) in [4.78, 5) is 11.3. The van der Waals surface area contributed by atoms with Crippen LogP contribution in [0, 0.1) is 34.6 Å². The van der Waals surface area contributed by atoms with Crippen LogP contribution in [0.15, 0.2) is 24.3 Å². The van der Waals surface area contributed by atoms with Gasteiger partial charge in [-0.25, -0.2) is 22.4 Å². The van der Waals surface area contributed by atoms with Crippen LogP contribution >= 0.6 is 0 Å². The highest BCUT2D eigenvalue weighted by Gasteiger charge is 2.26. The molecule has 0 heterocycles. The molecule has 7 heteroatoms. The first-order valence-corrected chi connectivity index (χ1v) is 5.87. The molecule has 2 aromatic rings. The number of esters is 1. The second-order valence-corrected chi connectivity index (χ2v) is 4.19. The quantitative estimate of drug-likeness (QED) is 0.484. The Morgan fingerprint density at radius 1 is 1.00 bits per heavy atom. The zero-order valence-electron chi connectivity index (χ0n) is 11.1. The van der Waals surface area contributed by atoms with E-state index in [1.54, 1.807) is 0 Å². The summed E-state index contributed by atoms with van der Waals surface area (Å²) < 4.78 is 59.4. The molecule has 0 N–H and O–H groups in total. The lowest BCUT2D eigenvalue weighted by atomic mass is 10.00. The van der Waals surface area contributed by atoms with Gasteiger partial charge in [0, 0.05) is 0 Å². The molecule has 0 aromatic heterocycles. The van der Waals surface area contributed by atoms with Gasteiger partial charge < -0.3 is 4.74 Å². The number of hydrogen-bond acceptors (Lipinski definition) is 3. The maximum atomic E-state index is 13.9. The van der Waals surface area contributed by atoms with E-state index in [9.17, 15) is 22.4 Å². The third-order valence-electron chi connectivity index (χ3n) is 2.97. The number of carbonyl (C=O) groups excluding carboxylic acids is 1. The maximum absolute atomic E-state index is 13.9. The Hall–Kier alpha value is -2.88. The van der Waals surface area contributed by atoms with Crippen LogP contribution in [-0.2, 0) is 4.74 Å². The van der Waals surface area contributed by atoms with E-state index in [4.69, 9.17) is 5.26 Å². The summed E-state index contributed by atoms with van der Waals surface area (Å²) >= 11 is 0. The van der Waals surface area contributed by atoms with Crippen LogP contribution in [0.4, 0.5) is 17.6 Å². The van der Waals surface area contributed by atoms with Crippen molar-refractivity contribution in [3.8, 4) is 17.2 Å². The van der Waals surface area contributed by atoms with E-state index in [0.29, 0.717) is 0 Å². The van der Waals surface area contributed by atoms with Crippen LogP contribution in [-0.4, -0.2) is 13.1 Å². The summed E-state index contributed by atoms with van der Waals surface area (Å²) in [6.45, 7) is 0. The third-order valence-corrected chi connectivity index (χ3v) is 2.97. The van der Waals surface area contributed by atoms with Gasteiger partial charge in [-0.1, -0.05) is 12.1 Å². The molecule has 0 unspecified atom stereocenters. The van der Waals surface area contributed by atoms with Crippen molar-refractivity contribution >= 4 is 5.97 Å². The van der Waals surface area contributed by atoms with Crippen LogP contribution in [0.25, 0.3) is 11.1 Å². The summed E-state index contributed by atoms with van der Waals surface area (Å²) in [5, 5.41) is 8.52. The van der Waals surface area contributed by atoms with Gasteiger partial charge in [-0.05, 0) is 17.7 Å². The fraction of sp³-hybridized carbons (Fsp3) is 0.0667.